The van der Waals surface area contributed by atoms with E-state index in [-0.39, 0.29) is 0 Å². The van der Waals surface area contributed by atoms with Gasteiger partial charge in [0.05, 0.1) is 11.4 Å². The van der Waals surface area contributed by atoms with Gasteiger partial charge < -0.3 is 15.1 Å². The topological polar surface area (TPSA) is 18.5 Å². The normalized spacial score (nSPS) is 20.4. The zero-order chi connectivity index (χ0) is 14.3. The van der Waals surface area contributed by atoms with Gasteiger partial charge in [-0.1, -0.05) is 18.2 Å². The second-order valence-electron chi connectivity index (χ2n) is 5.96. The Morgan fingerprint density at radius 3 is 2.65 bits per heavy atom. The van der Waals surface area contributed by atoms with Gasteiger partial charge in [0.2, 0.25) is 0 Å². The molecule has 0 unspecified atom stereocenters. The van der Waals surface area contributed by atoms with Crippen molar-refractivity contribution in [2.45, 2.75) is 38.8 Å². The van der Waals surface area contributed by atoms with Crippen molar-refractivity contribution in [3.63, 3.8) is 0 Å². The first-order chi connectivity index (χ1) is 9.56. The number of hydrogen-bond donors (Lipinski definition) is 1. The molecule has 2 aliphatic heterocycles. The number of fused-ring (bicyclic) bond motifs is 1. The molecule has 1 aromatic carbocycles. The zero-order valence-electron chi connectivity index (χ0n) is 12.2. The lowest BCUT2D eigenvalue weighted by Crippen LogP contribution is -2.46. The summed E-state index contributed by atoms with van der Waals surface area (Å²) in [5.74, 6) is 0.977. The van der Waals surface area contributed by atoms with Crippen molar-refractivity contribution >= 4 is 23.0 Å². The summed E-state index contributed by atoms with van der Waals surface area (Å²) in [6, 6.07) is 7.20. The summed E-state index contributed by atoms with van der Waals surface area (Å²) >= 11 is 6.06. The van der Waals surface area contributed by atoms with Gasteiger partial charge in [-0.15, -0.1) is 0 Å². The van der Waals surface area contributed by atoms with Gasteiger partial charge >= 0.3 is 0 Å². The molecule has 4 heteroatoms. The third kappa shape index (κ3) is 2.40. The van der Waals surface area contributed by atoms with Crippen molar-refractivity contribution in [3.05, 3.63) is 35.6 Å². The number of piperidine rings is 1. The molecule has 2 heterocycles. The van der Waals surface area contributed by atoms with Crippen LogP contribution in [0.1, 0.15) is 26.7 Å². The van der Waals surface area contributed by atoms with Gasteiger partial charge in [0.1, 0.15) is 5.82 Å². The molecule has 0 aliphatic carbocycles. The molecule has 3 rings (SSSR count). The molecule has 1 fully saturated rings. The van der Waals surface area contributed by atoms with Crippen molar-refractivity contribution < 1.29 is 0 Å². The maximum atomic E-state index is 6.06. The predicted octanol–water partition coefficient (Wildman–Crippen LogP) is 3.92. The largest absolute Gasteiger partial charge is 0.340 e. The Morgan fingerprint density at radius 2 is 2.00 bits per heavy atom. The van der Waals surface area contributed by atoms with Crippen molar-refractivity contribution in [3.8, 4) is 0 Å². The lowest BCUT2D eigenvalue weighted by Gasteiger charge is -2.39. The van der Waals surface area contributed by atoms with Gasteiger partial charge in [-0.2, -0.15) is 0 Å². The van der Waals surface area contributed by atoms with Crippen LogP contribution in [0.25, 0.3) is 0 Å². The van der Waals surface area contributed by atoms with Crippen LogP contribution < -0.4 is 10.2 Å². The van der Waals surface area contributed by atoms with E-state index in [2.05, 4.69) is 41.6 Å². The molecule has 0 atom stereocenters. The van der Waals surface area contributed by atoms with Crippen LogP contribution in [0, 0.1) is 0 Å². The van der Waals surface area contributed by atoms with Gasteiger partial charge in [0, 0.05) is 30.2 Å². The van der Waals surface area contributed by atoms with Crippen LogP contribution in [0.3, 0.4) is 0 Å². The van der Waals surface area contributed by atoms with E-state index in [0.29, 0.717) is 12.1 Å². The Kier molecular flexibility index (Phi) is 3.65. The van der Waals surface area contributed by atoms with Crippen LogP contribution in [0.2, 0.25) is 5.02 Å². The molecule has 1 saturated heterocycles. The molecule has 0 radical (unpaired) electrons. The number of anilines is 2. The van der Waals surface area contributed by atoms with Crippen molar-refractivity contribution in [2.24, 2.45) is 0 Å². The second-order valence-corrected chi connectivity index (χ2v) is 6.40. The average molecular weight is 292 g/mol. The van der Waals surface area contributed by atoms with E-state index in [0.717, 1.165) is 29.6 Å². The fraction of sp³-hybridized carbons (Fsp3) is 0.500. The lowest BCUT2D eigenvalue weighted by molar-refractivity contribution is 0.172. The number of halogens is 1. The minimum absolute atomic E-state index is 0.535. The smallest absolute Gasteiger partial charge is 0.103 e. The number of rotatable bonds is 2. The Morgan fingerprint density at radius 1 is 1.30 bits per heavy atom. The Balaban J connectivity index is 1.77. The average Bonchev–Trinajstić information content (AvgIpc) is 2.73. The maximum Gasteiger partial charge on any atom is 0.103 e. The number of nitrogens with one attached hydrogen (secondary N) is 1. The summed E-state index contributed by atoms with van der Waals surface area (Å²) in [5.41, 5.74) is 2.29. The van der Waals surface area contributed by atoms with E-state index >= 15 is 0 Å². The summed E-state index contributed by atoms with van der Waals surface area (Å²) in [4.78, 5) is 4.90. The third-order valence-corrected chi connectivity index (χ3v) is 4.62. The highest BCUT2D eigenvalue weighted by atomic mass is 35.5. The second kappa shape index (κ2) is 5.30. The van der Waals surface area contributed by atoms with Gasteiger partial charge in [-0.05, 0) is 44.9 Å². The van der Waals surface area contributed by atoms with Gasteiger partial charge in [0.25, 0.3) is 0 Å². The molecule has 1 aromatic rings. The van der Waals surface area contributed by atoms with Crippen LogP contribution in [0.15, 0.2) is 30.6 Å². The summed E-state index contributed by atoms with van der Waals surface area (Å²) < 4.78 is 0. The van der Waals surface area contributed by atoms with E-state index in [9.17, 15) is 0 Å². The standard InChI is InChI=1S/C16H22ClN3/c1-11(2)19-8-6-14(7-9-19)20-12(3)18-15-10-13(17)4-5-16(15)20/h4-5,10-11,14,18H,3,6-9H2,1-2H3. The Labute approximate surface area is 126 Å². The van der Waals surface area contributed by atoms with Crippen LogP contribution >= 0.6 is 11.6 Å². The van der Waals surface area contributed by atoms with Crippen LogP contribution in [0.5, 0.6) is 0 Å². The third-order valence-electron chi connectivity index (χ3n) is 4.38. The first kappa shape index (κ1) is 13.8. The lowest BCUT2D eigenvalue weighted by atomic mass is 10.0. The van der Waals surface area contributed by atoms with Crippen LogP contribution in [-0.4, -0.2) is 30.1 Å². The van der Waals surface area contributed by atoms with Gasteiger partial charge in [-0.3, -0.25) is 0 Å². The van der Waals surface area contributed by atoms with Crippen LogP contribution in [-0.2, 0) is 0 Å². The molecular weight excluding hydrogens is 270 g/mol. The van der Waals surface area contributed by atoms with E-state index in [1.807, 2.05) is 12.1 Å². The van der Waals surface area contributed by atoms with Crippen molar-refractivity contribution in [1.29, 1.82) is 0 Å². The monoisotopic (exact) mass is 291 g/mol. The minimum atomic E-state index is 0.535. The molecule has 20 heavy (non-hydrogen) atoms. The number of hydrogen-bond acceptors (Lipinski definition) is 3. The highest BCUT2D eigenvalue weighted by Gasteiger charge is 2.32. The van der Waals surface area contributed by atoms with Gasteiger partial charge in [-0.25, -0.2) is 0 Å². The van der Waals surface area contributed by atoms with E-state index in [1.54, 1.807) is 0 Å². The number of likely N-dealkylation sites (tertiary alicyclic amines) is 1. The highest BCUT2D eigenvalue weighted by Crippen LogP contribution is 2.40. The molecule has 2 aliphatic rings. The number of nitrogens with zero attached hydrogens (tertiary/aromatic N) is 2. The molecule has 0 spiro atoms. The summed E-state index contributed by atoms with van der Waals surface area (Å²) in [7, 11) is 0. The Hall–Kier alpha value is -1.19. The Bertz CT molecular complexity index is 518. The molecular formula is C16H22ClN3. The minimum Gasteiger partial charge on any atom is -0.340 e. The zero-order valence-corrected chi connectivity index (χ0v) is 13.0. The molecule has 0 bridgehead atoms. The molecule has 0 aromatic heterocycles. The highest BCUT2D eigenvalue weighted by molar-refractivity contribution is 6.31. The molecule has 108 valence electrons. The molecule has 3 nitrogen and oxygen atoms in total. The summed E-state index contributed by atoms with van der Waals surface area (Å²) in [5, 5.41) is 4.12. The van der Waals surface area contributed by atoms with Crippen molar-refractivity contribution in [2.75, 3.05) is 23.3 Å². The SMILES string of the molecule is C=C1Nc2cc(Cl)ccc2N1C1CCN(C(C)C)CC1. The van der Waals surface area contributed by atoms with Crippen LogP contribution in [0.4, 0.5) is 11.4 Å². The quantitative estimate of drug-likeness (QED) is 0.891. The predicted molar refractivity (Wildman–Crippen MR) is 86.4 cm³/mol. The van der Waals surface area contributed by atoms with Gasteiger partial charge in [0.15, 0.2) is 0 Å². The summed E-state index contributed by atoms with van der Waals surface area (Å²) in [6.07, 6.45) is 2.36. The molecule has 0 amide bonds. The van der Waals surface area contributed by atoms with E-state index in [1.165, 1.54) is 18.5 Å². The van der Waals surface area contributed by atoms with Crippen molar-refractivity contribution in [1.82, 2.24) is 4.90 Å². The van der Waals surface area contributed by atoms with E-state index in [4.69, 9.17) is 11.6 Å². The number of benzene rings is 1. The fourth-order valence-corrected chi connectivity index (χ4v) is 3.43. The van der Waals surface area contributed by atoms with E-state index < -0.39 is 0 Å². The summed E-state index contributed by atoms with van der Waals surface area (Å²) in [6.45, 7) is 11.0. The first-order valence-corrected chi connectivity index (χ1v) is 7.73. The molecule has 1 N–H and O–H groups in total. The first-order valence-electron chi connectivity index (χ1n) is 7.35. The fourth-order valence-electron chi connectivity index (χ4n) is 3.26. The molecule has 0 saturated carbocycles. The maximum absolute atomic E-state index is 6.06.